The van der Waals surface area contributed by atoms with Gasteiger partial charge in [-0.05, 0) is 31.7 Å². The first kappa shape index (κ1) is 18.6. The van der Waals surface area contributed by atoms with Crippen LogP contribution in [0.25, 0.3) is 0 Å². The zero-order valence-corrected chi connectivity index (χ0v) is 16.8. The van der Waals surface area contributed by atoms with Crippen LogP contribution in [0.4, 0.5) is 0 Å². The van der Waals surface area contributed by atoms with Crippen molar-refractivity contribution >= 4 is 17.7 Å². The molecule has 1 aliphatic carbocycles. The molecule has 3 rings (SSSR count). The summed E-state index contributed by atoms with van der Waals surface area (Å²) < 4.78 is 2.16. The molecule has 1 atom stereocenters. The molecule has 2 fully saturated rings. The van der Waals surface area contributed by atoms with E-state index in [0.29, 0.717) is 23.8 Å². The van der Waals surface area contributed by atoms with E-state index in [-0.39, 0.29) is 0 Å². The zero-order valence-electron chi connectivity index (χ0n) is 15.9. The van der Waals surface area contributed by atoms with Gasteiger partial charge in [-0.3, -0.25) is 4.68 Å². The summed E-state index contributed by atoms with van der Waals surface area (Å²) in [6.07, 6.45) is 7.36. The maximum absolute atomic E-state index is 4.89. The van der Waals surface area contributed by atoms with Gasteiger partial charge in [0.2, 0.25) is 0 Å². The van der Waals surface area contributed by atoms with Crippen molar-refractivity contribution in [2.24, 2.45) is 10.9 Å². The van der Waals surface area contributed by atoms with Crippen LogP contribution in [0, 0.1) is 5.92 Å². The minimum absolute atomic E-state index is 0.608. The number of hydrogen-bond donors (Lipinski definition) is 1. The van der Waals surface area contributed by atoms with Crippen molar-refractivity contribution in [1.82, 2.24) is 20.0 Å². The SMILES string of the molecule is CCNC(=NCc1ccn(C2CCCC2)n1)N1CCSC(C(C)C)C1. The Kier molecular flexibility index (Phi) is 6.68. The van der Waals surface area contributed by atoms with Crippen molar-refractivity contribution in [3.8, 4) is 0 Å². The van der Waals surface area contributed by atoms with Gasteiger partial charge in [0.05, 0.1) is 18.3 Å². The van der Waals surface area contributed by atoms with E-state index in [9.17, 15) is 0 Å². The maximum atomic E-state index is 4.89. The van der Waals surface area contributed by atoms with Crippen LogP contribution in [-0.4, -0.2) is 51.3 Å². The fraction of sp³-hybridized carbons (Fsp3) is 0.789. The molecular formula is C19H33N5S. The summed E-state index contributed by atoms with van der Waals surface area (Å²) in [6, 6.07) is 2.74. The fourth-order valence-electron chi connectivity index (χ4n) is 3.69. The fourth-order valence-corrected chi connectivity index (χ4v) is 4.99. The summed E-state index contributed by atoms with van der Waals surface area (Å²) in [7, 11) is 0. The van der Waals surface area contributed by atoms with Crippen molar-refractivity contribution in [3.63, 3.8) is 0 Å². The topological polar surface area (TPSA) is 45.5 Å². The first-order chi connectivity index (χ1) is 12.2. The number of thioether (sulfide) groups is 1. The number of aromatic nitrogens is 2. The summed E-state index contributed by atoms with van der Waals surface area (Å²) in [6.45, 7) is 10.5. The van der Waals surface area contributed by atoms with Gasteiger partial charge in [0.15, 0.2) is 5.96 Å². The van der Waals surface area contributed by atoms with E-state index in [0.717, 1.165) is 31.3 Å². The monoisotopic (exact) mass is 363 g/mol. The van der Waals surface area contributed by atoms with E-state index >= 15 is 0 Å². The first-order valence-corrected chi connectivity index (χ1v) is 10.9. The number of hydrogen-bond acceptors (Lipinski definition) is 3. The van der Waals surface area contributed by atoms with Crippen LogP contribution in [0.3, 0.4) is 0 Å². The molecular weight excluding hydrogens is 330 g/mol. The van der Waals surface area contributed by atoms with Gasteiger partial charge in [0.1, 0.15) is 0 Å². The van der Waals surface area contributed by atoms with E-state index in [1.165, 1.54) is 31.4 Å². The molecule has 2 heterocycles. The Morgan fingerprint density at radius 3 is 2.92 bits per heavy atom. The molecule has 1 unspecified atom stereocenters. The second kappa shape index (κ2) is 8.97. The molecule has 2 aliphatic rings. The van der Waals surface area contributed by atoms with E-state index < -0.39 is 0 Å². The molecule has 1 saturated heterocycles. The van der Waals surface area contributed by atoms with Crippen molar-refractivity contribution in [2.75, 3.05) is 25.4 Å². The van der Waals surface area contributed by atoms with Gasteiger partial charge in [-0.25, -0.2) is 4.99 Å². The molecule has 0 spiro atoms. The smallest absolute Gasteiger partial charge is 0.194 e. The molecule has 5 nitrogen and oxygen atoms in total. The van der Waals surface area contributed by atoms with Crippen LogP contribution in [0.2, 0.25) is 0 Å². The van der Waals surface area contributed by atoms with Crippen LogP contribution in [0.1, 0.15) is 58.2 Å². The van der Waals surface area contributed by atoms with Gasteiger partial charge >= 0.3 is 0 Å². The highest BCUT2D eigenvalue weighted by Gasteiger charge is 2.25. The highest BCUT2D eigenvalue weighted by molar-refractivity contribution is 8.00. The predicted octanol–water partition coefficient (Wildman–Crippen LogP) is 3.54. The van der Waals surface area contributed by atoms with Crippen LogP contribution < -0.4 is 5.32 Å². The number of rotatable bonds is 5. The molecule has 6 heteroatoms. The van der Waals surface area contributed by atoms with Crippen LogP contribution >= 0.6 is 11.8 Å². The standard InChI is InChI=1S/C19H33N5S/c1-4-20-19(23-11-12-25-18(14-23)15(2)3)21-13-16-9-10-24(22-16)17-7-5-6-8-17/h9-10,15,17-18H,4-8,11-14H2,1-3H3,(H,20,21). The lowest BCUT2D eigenvalue weighted by atomic mass is 10.1. The average molecular weight is 364 g/mol. The molecule has 0 aromatic carbocycles. The van der Waals surface area contributed by atoms with Gasteiger partial charge < -0.3 is 10.2 Å². The van der Waals surface area contributed by atoms with Crippen molar-refractivity contribution in [1.29, 1.82) is 0 Å². The number of nitrogens with zero attached hydrogens (tertiary/aromatic N) is 4. The summed E-state index contributed by atoms with van der Waals surface area (Å²) in [4.78, 5) is 7.32. The Bertz CT molecular complexity index is 562. The molecule has 0 radical (unpaired) electrons. The lowest BCUT2D eigenvalue weighted by Gasteiger charge is -2.36. The Hall–Kier alpha value is -1.17. The van der Waals surface area contributed by atoms with Gasteiger partial charge in [0, 0.05) is 36.8 Å². The third kappa shape index (κ3) is 4.93. The Balaban J connectivity index is 1.63. The summed E-state index contributed by atoms with van der Waals surface area (Å²) in [5.41, 5.74) is 1.08. The third-order valence-electron chi connectivity index (χ3n) is 5.22. The lowest BCUT2D eigenvalue weighted by Crippen LogP contribution is -2.49. The van der Waals surface area contributed by atoms with E-state index in [1.807, 2.05) is 0 Å². The largest absolute Gasteiger partial charge is 0.357 e. The lowest BCUT2D eigenvalue weighted by molar-refractivity contribution is 0.380. The average Bonchev–Trinajstić information content (AvgIpc) is 3.30. The highest BCUT2D eigenvalue weighted by Crippen LogP contribution is 2.29. The van der Waals surface area contributed by atoms with Gasteiger partial charge in [-0.15, -0.1) is 0 Å². The number of guanidine groups is 1. The molecule has 0 bridgehead atoms. The van der Waals surface area contributed by atoms with Crippen molar-refractivity contribution in [2.45, 2.75) is 64.3 Å². The van der Waals surface area contributed by atoms with Crippen molar-refractivity contribution in [3.05, 3.63) is 18.0 Å². The molecule has 1 aromatic rings. The minimum Gasteiger partial charge on any atom is -0.357 e. The summed E-state index contributed by atoms with van der Waals surface area (Å²) in [5.74, 6) is 2.94. The van der Waals surface area contributed by atoms with Crippen molar-refractivity contribution < 1.29 is 0 Å². The third-order valence-corrected chi connectivity index (χ3v) is 6.76. The van der Waals surface area contributed by atoms with Gasteiger partial charge in [0.25, 0.3) is 0 Å². The van der Waals surface area contributed by atoms with Crippen LogP contribution in [-0.2, 0) is 6.54 Å². The van der Waals surface area contributed by atoms with Gasteiger partial charge in [-0.1, -0.05) is 26.7 Å². The molecule has 1 saturated carbocycles. The molecule has 25 heavy (non-hydrogen) atoms. The molecule has 1 aliphatic heterocycles. The Morgan fingerprint density at radius 1 is 1.40 bits per heavy atom. The maximum Gasteiger partial charge on any atom is 0.194 e. The molecule has 1 aromatic heterocycles. The second-order valence-electron chi connectivity index (χ2n) is 7.49. The van der Waals surface area contributed by atoms with Gasteiger partial charge in [-0.2, -0.15) is 16.9 Å². The van der Waals surface area contributed by atoms with Crippen LogP contribution in [0.15, 0.2) is 17.3 Å². The van der Waals surface area contributed by atoms with E-state index in [2.05, 4.69) is 59.7 Å². The van der Waals surface area contributed by atoms with E-state index in [4.69, 9.17) is 10.1 Å². The predicted molar refractivity (Wildman–Crippen MR) is 107 cm³/mol. The van der Waals surface area contributed by atoms with Crippen LogP contribution in [0.5, 0.6) is 0 Å². The second-order valence-corrected chi connectivity index (χ2v) is 8.84. The molecule has 140 valence electrons. The first-order valence-electron chi connectivity index (χ1n) is 9.86. The minimum atomic E-state index is 0.608. The number of aliphatic imine (C=N–C) groups is 1. The summed E-state index contributed by atoms with van der Waals surface area (Å²) >= 11 is 2.10. The summed E-state index contributed by atoms with van der Waals surface area (Å²) in [5, 5.41) is 8.94. The Morgan fingerprint density at radius 2 is 2.20 bits per heavy atom. The molecule has 0 amide bonds. The quantitative estimate of drug-likeness (QED) is 0.642. The molecule has 1 N–H and O–H groups in total. The van der Waals surface area contributed by atoms with E-state index in [1.54, 1.807) is 0 Å². The highest BCUT2D eigenvalue weighted by atomic mass is 32.2. The zero-order chi connectivity index (χ0) is 17.6. The number of nitrogens with one attached hydrogen (secondary N) is 1. The Labute approximate surface area is 156 Å². The normalized spacial score (nSPS) is 22.8.